The number of nitrogens with zero attached hydrogens (tertiary/aromatic N) is 2. The number of nitrogen functional groups attached to an aromatic ring is 1. The van der Waals surface area contributed by atoms with Gasteiger partial charge in [0.15, 0.2) is 0 Å². The molecule has 0 aliphatic heterocycles. The van der Waals surface area contributed by atoms with Crippen LogP contribution >= 0.6 is 0 Å². The standard InChI is InChI=1S/C12H9N3O2/c1-17-11(16)5-2-8-9(13)3-4-10-12(8)15-7-6-14-10/h3-4,6-7H,13H2,1H3. The van der Waals surface area contributed by atoms with Crippen LogP contribution in [0.3, 0.4) is 0 Å². The highest BCUT2D eigenvalue weighted by atomic mass is 16.5. The molecular formula is C12H9N3O2. The molecule has 5 nitrogen and oxygen atoms in total. The molecule has 0 spiro atoms. The largest absolute Gasteiger partial charge is 0.459 e. The quantitative estimate of drug-likeness (QED) is 0.408. The fourth-order valence-corrected chi connectivity index (χ4v) is 1.35. The van der Waals surface area contributed by atoms with Crippen molar-refractivity contribution in [2.24, 2.45) is 0 Å². The Labute approximate surface area is 97.6 Å². The van der Waals surface area contributed by atoms with Crippen LogP contribution in [0.5, 0.6) is 0 Å². The molecule has 0 amide bonds. The van der Waals surface area contributed by atoms with Crippen molar-refractivity contribution < 1.29 is 9.53 Å². The Morgan fingerprint density at radius 3 is 2.88 bits per heavy atom. The van der Waals surface area contributed by atoms with E-state index in [1.807, 2.05) is 0 Å². The molecule has 1 heterocycles. The first kappa shape index (κ1) is 10.9. The van der Waals surface area contributed by atoms with Crippen molar-refractivity contribution in [2.75, 3.05) is 12.8 Å². The second-order valence-corrected chi connectivity index (χ2v) is 3.20. The van der Waals surface area contributed by atoms with Crippen LogP contribution < -0.4 is 5.73 Å². The maximum atomic E-state index is 11.0. The number of ether oxygens (including phenoxy) is 1. The van der Waals surface area contributed by atoms with Gasteiger partial charge in [0.2, 0.25) is 0 Å². The lowest BCUT2D eigenvalue weighted by Gasteiger charge is -2.01. The van der Waals surface area contributed by atoms with Crippen LogP contribution in [-0.4, -0.2) is 23.0 Å². The topological polar surface area (TPSA) is 78.1 Å². The molecule has 0 aliphatic carbocycles. The van der Waals surface area contributed by atoms with Gasteiger partial charge in [0.25, 0.3) is 0 Å². The summed E-state index contributed by atoms with van der Waals surface area (Å²) in [5.74, 6) is 4.36. The number of aromatic nitrogens is 2. The van der Waals surface area contributed by atoms with E-state index in [2.05, 4.69) is 26.5 Å². The number of carbonyl (C=O) groups excluding carboxylic acids is 1. The molecule has 2 N–H and O–H groups in total. The normalized spacial score (nSPS) is 9.47. The van der Waals surface area contributed by atoms with Gasteiger partial charge in [-0.3, -0.25) is 9.97 Å². The van der Waals surface area contributed by atoms with E-state index in [4.69, 9.17) is 5.73 Å². The first-order valence-corrected chi connectivity index (χ1v) is 4.81. The fourth-order valence-electron chi connectivity index (χ4n) is 1.35. The molecule has 2 rings (SSSR count). The number of esters is 1. The Morgan fingerprint density at radius 2 is 2.12 bits per heavy atom. The lowest BCUT2D eigenvalue weighted by molar-refractivity contribution is -0.133. The van der Waals surface area contributed by atoms with Gasteiger partial charge in [0, 0.05) is 24.0 Å². The number of fused-ring (bicyclic) bond motifs is 1. The third kappa shape index (κ3) is 2.16. The molecule has 5 heteroatoms. The Kier molecular flexibility index (Phi) is 2.88. The molecule has 1 aromatic carbocycles. The molecule has 84 valence electrons. The molecule has 17 heavy (non-hydrogen) atoms. The van der Waals surface area contributed by atoms with E-state index < -0.39 is 5.97 Å². The molecule has 2 aromatic rings. The minimum atomic E-state index is -0.620. The Hall–Kier alpha value is -2.61. The zero-order valence-corrected chi connectivity index (χ0v) is 9.10. The van der Waals surface area contributed by atoms with Crippen molar-refractivity contribution in [1.29, 1.82) is 0 Å². The number of anilines is 1. The third-order valence-electron chi connectivity index (χ3n) is 2.15. The van der Waals surface area contributed by atoms with E-state index in [9.17, 15) is 4.79 Å². The second-order valence-electron chi connectivity index (χ2n) is 3.20. The SMILES string of the molecule is COC(=O)C#Cc1c(N)ccc2nccnc12. The highest BCUT2D eigenvalue weighted by Gasteiger charge is 2.05. The molecule has 0 atom stereocenters. The van der Waals surface area contributed by atoms with Crippen LogP contribution in [0, 0.1) is 11.8 Å². The summed E-state index contributed by atoms with van der Waals surface area (Å²) in [6, 6.07) is 3.43. The van der Waals surface area contributed by atoms with Crippen LogP contribution in [0.1, 0.15) is 5.56 Å². The molecule has 0 fully saturated rings. The van der Waals surface area contributed by atoms with Crippen molar-refractivity contribution >= 4 is 22.7 Å². The van der Waals surface area contributed by atoms with Crippen molar-refractivity contribution in [3.63, 3.8) is 0 Å². The molecule has 0 bridgehead atoms. The average molecular weight is 227 g/mol. The predicted molar refractivity (Wildman–Crippen MR) is 62.8 cm³/mol. The lowest BCUT2D eigenvalue weighted by atomic mass is 10.1. The van der Waals surface area contributed by atoms with Gasteiger partial charge in [0.1, 0.15) is 5.52 Å². The summed E-state index contributed by atoms with van der Waals surface area (Å²) in [5.41, 5.74) is 7.98. The summed E-state index contributed by atoms with van der Waals surface area (Å²) in [4.78, 5) is 19.2. The zero-order chi connectivity index (χ0) is 12.3. The van der Waals surface area contributed by atoms with E-state index in [0.29, 0.717) is 22.3 Å². The number of rotatable bonds is 0. The molecule has 0 aliphatic rings. The first-order chi connectivity index (χ1) is 8.22. The highest BCUT2D eigenvalue weighted by Crippen LogP contribution is 2.19. The maximum absolute atomic E-state index is 11.0. The third-order valence-corrected chi connectivity index (χ3v) is 2.15. The molecule has 1 aromatic heterocycles. The molecule has 0 saturated carbocycles. The van der Waals surface area contributed by atoms with Gasteiger partial charge in [-0.25, -0.2) is 4.79 Å². The number of hydrogen-bond acceptors (Lipinski definition) is 5. The number of methoxy groups -OCH3 is 1. The van der Waals surface area contributed by atoms with Crippen LogP contribution in [0.25, 0.3) is 11.0 Å². The van der Waals surface area contributed by atoms with Crippen molar-refractivity contribution in [3.05, 3.63) is 30.1 Å². The molecule has 0 unspecified atom stereocenters. The van der Waals surface area contributed by atoms with E-state index in [-0.39, 0.29) is 0 Å². The Bertz CT molecular complexity index is 641. The summed E-state index contributed by atoms with van der Waals surface area (Å²) in [6.07, 6.45) is 3.13. The summed E-state index contributed by atoms with van der Waals surface area (Å²) in [7, 11) is 1.27. The number of benzene rings is 1. The van der Waals surface area contributed by atoms with Gasteiger partial charge >= 0.3 is 5.97 Å². The van der Waals surface area contributed by atoms with E-state index in [0.717, 1.165) is 0 Å². The van der Waals surface area contributed by atoms with Gasteiger partial charge in [-0.1, -0.05) is 5.92 Å². The highest BCUT2D eigenvalue weighted by molar-refractivity contribution is 5.92. The van der Waals surface area contributed by atoms with Gasteiger partial charge in [-0.05, 0) is 12.1 Å². The molecular weight excluding hydrogens is 218 g/mol. The van der Waals surface area contributed by atoms with Crippen molar-refractivity contribution in [2.45, 2.75) is 0 Å². The fraction of sp³-hybridized carbons (Fsp3) is 0.0833. The van der Waals surface area contributed by atoms with Crippen LogP contribution in [0.15, 0.2) is 24.5 Å². The number of carbonyl (C=O) groups is 1. The minimum Gasteiger partial charge on any atom is -0.459 e. The van der Waals surface area contributed by atoms with Crippen molar-refractivity contribution in [3.8, 4) is 11.8 Å². The minimum absolute atomic E-state index is 0.453. The first-order valence-electron chi connectivity index (χ1n) is 4.81. The van der Waals surface area contributed by atoms with E-state index in [1.54, 1.807) is 24.5 Å². The Balaban J connectivity index is 2.62. The number of nitrogens with two attached hydrogens (primary N) is 1. The summed E-state index contributed by atoms with van der Waals surface area (Å²) in [6.45, 7) is 0. The summed E-state index contributed by atoms with van der Waals surface area (Å²) in [5, 5.41) is 0. The maximum Gasteiger partial charge on any atom is 0.384 e. The van der Waals surface area contributed by atoms with Gasteiger partial charge in [0.05, 0.1) is 18.2 Å². The monoisotopic (exact) mass is 227 g/mol. The second kappa shape index (κ2) is 4.49. The van der Waals surface area contributed by atoms with E-state index >= 15 is 0 Å². The van der Waals surface area contributed by atoms with Gasteiger partial charge in [-0.2, -0.15) is 0 Å². The predicted octanol–water partition coefficient (Wildman–Crippen LogP) is 0.737. The van der Waals surface area contributed by atoms with Crippen LogP contribution in [0.4, 0.5) is 5.69 Å². The molecule has 0 saturated heterocycles. The van der Waals surface area contributed by atoms with Crippen molar-refractivity contribution in [1.82, 2.24) is 9.97 Å². The van der Waals surface area contributed by atoms with Gasteiger partial charge < -0.3 is 10.5 Å². The molecule has 0 radical (unpaired) electrons. The van der Waals surface area contributed by atoms with Crippen LogP contribution in [0.2, 0.25) is 0 Å². The van der Waals surface area contributed by atoms with E-state index in [1.165, 1.54) is 7.11 Å². The summed E-state index contributed by atoms with van der Waals surface area (Å²) >= 11 is 0. The number of hydrogen-bond donors (Lipinski definition) is 1. The lowest BCUT2D eigenvalue weighted by Crippen LogP contribution is -1.97. The summed E-state index contributed by atoms with van der Waals surface area (Å²) < 4.78 is 4.43. The Morgan fingerprint density at radius 1 is 1.35 bits per heavy atom. The average Bonchev–Trinajstić information content (AvgIpc) is 2.37. The van der Waals surface area contributed by atoms with Crippen LogP contribution in [-0.2, 0) is 9.53 Å². The zero-order valence-electron chi connectivity index (χ0n) is 9.10. The van der Waals surface area contributed by atoms with Gasteiger partial charge in [-0.15, -0.1) is 0 Å². The smallest absolute Gasteiger partial charge is 0.384 e.